The fourth-order valence-corrected chi connectivity index (χ4v) is 3.76. The molecular weight excluding hydrogens is 419 g/mol. The third kappa shape index (κ3) is 3.10. The van der Waals surface area contributed by atoms with Gasteiger partial charge >= 0.3 is 0 Å². The molecule has 0 amide bonds. The molecule has 1 fully saturated rings. The number of ketones is 1. The van der Waals surface area contributed by atoms with E-state index >= 15 is 0 Å². The molecule has 2 aromatic rings. The molecule has 0 aliphatic heterocycles. The minimum atomic E-state index is -0.436. The van der Waals surface area contributed by atoms with E-state index in [2.05, 4.69) is 27.6 Å². The van der Waals surface area contributed by atoms with Crippen molar-refractivity contribution < 1.29 is 9.72 Å². The molecule has 0 saturated heterocycles. The van der Waals surface area contributed by atoms with E-state index in [0.717, 1.165) is 14.8 Å². The zero-order chi connectivity index (χ0) is 17.3. The smallest absolute Gasteiger partial charge is 0.269 e. The monoisotopic (exact) mass is 434 g/mol. The Hall–Kier alpha value is -2.09. The number of Topliss-reactive ketones (excluding diaryl/α,β-unsaturated/α-hetero) is 1. The molecule has 1 saturated carbocycles. The molecule has 0 bridgehead atoms. The highest BCUT2D eigenvalue weighted by molar-refractivity contribution is 14.1. The molecule has 0 aromatic heterocycles. The predicted molar refractivity (Wildman–Crippen MR) is 101 cm³/mol. The van der Waals surface area contributed by atoms with Crippen LogP contribution in [0.3, 0.4) is 0 Å². The average Bonchev–Trinajstić information content (AvgIpc) is 2.91. The Morgan fingerprint density at radius 1 is 1.17 bits per heavy atom. The standard InChI is InChI=1S/C18H15IN2O3/c1-20-16-10-15(11-4-3-7-14(9-11)21(23)24)18(22)17(16)12-5-2-6-13(19)8-12/h2-9,15,17H,10H2,1H3. The van der Waals surface area contributed by atoms with E-state index in [1.165, 1.54) is 12.1 Å². The second kappa shape index (κ2) is 6.80. The number of carbonyl (C=O) groups excluding carboxylic acids is 1. The van der Waals surface area contributed by atoms with Crippen molar-refractivity contribution in [3.05, 3.63) is 73.3 Å². The van der Waals surface area contributed by atoms with Gasteiger partial charge in [0.25, 0.3) is 5.69 Å². The molecule has 2 aromatic carbocycles. The largest absolute Gasteiger partial charge is 0.298 e. The minimum absolute atomic E-state index is 0.00740. The van der Waals surface area contributed by atoms with Crippen LogP contribution in [0, 0.1) is 13.7 Å². The van der Waals surface area contributed by atoms with E-state index in [9.17, 15) is 14.9 Å². The molecule has 0 spiro atoms. The third-order valence-electron chi connectivity index (χ3n) is 4.33. The van der Waals surface area contributed by atoms with E-state index in [1.807, 2.05) is 24.3 Å². The molecule has 3 rings (SSSR count). The number of nitrogens with zero attached hydrogens (tertiary/aromatic N) is 2. The summed E-state index contributed by atoms with van der Waals surface area (Å²) < 4.78 is 1.06. The summed E-state index contributed by atoms with van der Waals surface area (Å²) in [6.45, 7) is 0. The van der Waals surface area contributed by atoms with E-state index in [1.54, 1.807) is 19.2 Å². The van der Waals surface area contributed by atoms with Gasteiger partial charge < -0.3 is 0 Å². The molecule has 122 valence electrons. The topological polar surface area (TPSA) is 72.6 Å². The molecule has 0 radical (unpaired) electrons. The van der Waals surface area contributed by atoms with Gasteiger partial charge in [-0.2, -0.15) is 0 Å². The number of hydrogen-bond acceptors (Lipinski definition) is 4. The summed E-state index contributed by atoms with van der Waals surface area (Å²) in [5.41, 5.74) is 2.45. The Labute approximate surface area is 153 Å². The maximum atomic E-state index is 13.0. The number of aliphatic imine (C=N–C) groups is 1. The van der Waals surface area contributed by atoms with Crippen LogP contribution in [0.25, 0.3) is 0 Å². The number of halogens is 1. The van der Waals surface area contributed by atoms with Crippen molar-refractivity contribution in [2.75, 3.05) is 7.05 Å². The zero-order valence-corrected chi connectivity index (χ0v) is 15.1. The maximum Gasteiger partial charge on any atom is 0.269 e. The van der Waals surface area contributed by atoms with Gasteiger partial charge in [0, 0.05) is 40.8 Å². The van der Waals surface area contributed by atoms with E-state index in [4.69, 9.17) is 0 Å². The zero-order valence-electron chi connectivity index (χ0n) is 13.0. The lowest BCUT2D eigenvalue weighted by Gasteiger charge is -2.12. The predicted octanol–water partition coefficient (Wildman–Crippen LogP) is 4.11. The summed E-state index contributed by atoms with van der Waals surface area (Å²) in [4.78, 5) is 27.9. The first-order valence-corrected chi connectivity index (χ1v) is 8.58. The molecule has 0 N–H and O–H groups in total. The van der Waals surface area contributed by atoms with E-state index in [0.29, 0.717) is 12.0 Å². The van der Waals surface area contributed by atoms with Crippen molar-refractivity contribution in [1.29, 1.82) is 0 Å². The van der Waals surface area contributed by atoms with Crippen LogP contribution >= 0.6 is 22.6 Å². The molecule has 2 atom stereocenters. The van der Waals surface area contributed by atoms with Crippen LogP contribution in [0.15, 0.2) is 53.5 Å². The number of carbonyl (C=O) groups is 1. The van der Waals surface area contributed by atoms with Gasteiger partial charge in [-0.25, -0.2) is 0 Å². The summed E-state index contributed by atoms with van der Waals surface area (Å²) in [6, 6.07) is 14.2. The van der Waals surface area contributed by atoms with Gasteiger partial charge in [-0.3, -0.25) is 19.9 Å². The summed E-state index contributed by atoms with van der Waals surface area (Å²) in [5, 5.41) is 11.0. The van der Waals surface area contributed by atoms with Gasteiger partial charge in [-0.1, -0.05) is 24.3 Å². The number of benzene rings is 2. The highest BCUT2D eigenvalue weighted by atomic mass is 127. The molecule has 1 aliphatic rings. The van der Waals surface area contributed by atoms with E-state index in [-0.39, 0.29) is 23.3 Å². The fraction of sp³-hybridized carbons (Fsp3) is 0.222. The summed E-state index contributed by atoms with van der Waals surface area (Å²) in [5.74, 6) is -0.696. The van der Waals surface area contributed by atoms with Crippen LogP contribution < -0.4 is 0 Å². The van der Waals surface area contributed by atoms with Crippen molar-refractivity contribution in [2.45, 2.75) is 18.3 Å². The van der Waals surface area contributed by atoms with E-state index < -0.39 is 4.92 Å². The van der Waals surface area contributed by atoms with Crippen LogP contribution in [-0.4, -0.2) is 23.5 Å². The quantitative estimate of drug-likeness (QED) is 0.415. The lowest BCUT2D eigenvalue weighted by Crippen LogP contribution is -2.15. The van der Waals surface area contributed by atoms with Gasteiger partial charge in [0.15, 0.2) is 5.78 Å². The molecule has 5 nitrogen and oxygen atoms in total. The summed E-state index contributed by atoms with van der Waals surface area (Å²) in [6.07, 6.45) is 0.507. The van der Waals surface area contributed by atoms with Gasteiger partial charge in [0.2, 0.25) is 0 Å². The van der Waals surface area contributed by atoms with Crippen molar-refractivity contribution >= 4 is 39.8 Å². The lowest BCUT2D eigenvalue weighted by atomic mass is 9.91. The Morgan fingerprint density at radius 3 is 2.54 bits per heavy atom. The molecule has 1 aliphatic carbocycles. The van der Waals surface area contributed by atoms with Gasteiger partial charge in [0.1, 0.15) is 0 Å². The molecule has 6 heteroatoms. The van der Waals surface area contributed by atoms with Gasteiger partial charge in [-0.05, 0) is 45.9 Å². The minimum Gasteiger partial charge on any atom is -0.298 e. The Kier molecular flexibility index (Phi) is 4.75. The molecule has 24 heavy (non-hydrogen) atoms. The number of nitro groups is 1. The highest BCUT2D eigenvalue weighted by Gasteiger charge is 2.41. The number of nitro benzene ring substituents is 1. The van der Waals surface area contributed by atoms with Crippen LogP contribution in [-0.2, 0) is 4.79 Å². The number of rotatable bonds is 3. The van der Waals surface area contributed by atoms with Crippen molar-refractivity contribution in [2.24, 2.45) is 4.99 Å². The number of non-ortho nitro benzene ring substituents is 1. The summed E-state index contributed by atoms with van der Waals surface area (Å²) >= 11 is 2.22. The molecule has 0 heterocycles. The second-order valence-electron chi connectivity index (χ2n) is 5.71. The van der Waals surface area contributed by atoms with Crippen molar-refractivity contribution in [3.8, 4) is 0 Å². The SMILES string of the molecule is CN=C1CC(c2cccc([N+](=O)[O-])c2)C(=O)C1c1cccc(I)c1. The van der Waals surface area contributed by atoms with Crippen LogP contribution in [0.1, 0.15) is 29.4 Å². The lowest BCUT2D eigenvalue weighted by molar-refractivity contribution is -0.384. The summed E-state index contributed by atoms with van der Waals surface area (Å²) in [7, 11) is 1.69. The molecule has 2 unspecified atom stereocenters. The Balaban J connectivity index is 2.00. The maximum absolute atomic E-state index is 13.0. The first kappa shape index (κ1) is 16.8. The highest BCUT2D eigenvalue weighted by Crippen LogP contribution is 2.39. The van der Waals surface area contributed by atoms with Crippen LogP contribution in [0.4, 0.5) is 5.69 Å². The first-order valence-electron chi connectivity index (χ1n) is 7.50. The van der Waals surface area contributed by atoms with Gasteiger partial charge in [0.05, 0.1) is 10.8 Å². The van der Waals surface area contributed by atoms with Crippen LogP contribution in [0.5, 0.6) is 0 Å². The Morgan fingerprint density at radius 2 is 1.88 bits per heavy atom. The third-order valence-corrected chi connectivity index (χ3v) is 5.00. The number of hydrogen-bond donors (Lipinski definition) is 0. The fourth-order valence-electron chi connectivity index (χ4n) is 3.19. The van der Waals surface area contributed by atoms with Gasteiger partial charge in [-0.15, -0.1) is 0 Å². The first-order chi connectivity index (χ1) is 11.5. The van der Waals surface area contributed by atoms with Crippen molar-refractivity contribution in [1.82, 2.24) is 0 Å². The van der Waals surface area contributed by atoms with Crippen molar-refractivity contribution in [3.63, 3.8) is 0 Å². The second-order valence-corrected chi connectivity index (χ2v) is 6.96. The average molecular weight is 434 g/mol. The molecular formula is C18H15IN2O3. The normalized spacial score (nSPS) is 22.1. The Bertz CT molecular complexity index is 848. The van der Waals surface area contributed by atoms with Crippen LogP contribution in [0.2, 0.25) is 0 Å².